The number of carbonyl (C=O) groups is 1. The summed E-state index contributed by atoms with van der Waals surface area (Å²) in [5.74, 6) is 0.344. The smallest absolute Gasteiger partial charge is 0.342 e. The molecule has 27 heavy (non-hydrogen) atoms. The molecule has 0 aliphatic rings. The molecule has 0 aliphatic heterocycles. The van der Waals surface area contributed by atoms with Crippen molar-refractivity contribution >= 4 is 5.97 Å². The quantitative estimate of drug-likeness (QED) is 0.251. The molecule has 0 heterocycles. The second-order valence-corrected chi connectivity index (χ2v) is 7.22. The molecule has 0 aliphatic carbocycles. The van der Waals surface area contributed by atoms with E-state index < -0.39 is 0 Å². The third-order valence-electron chi connectivity index (χ3n) is 5.25. The second kappa shape index (κ2) is 14.9. The maximum atomic E-state index is 12.4. The number of quaternary nitrogens is 1. The zero-order chi connectivity index (χ0) is 19.3. The molecular formula is C22H38BrNO3. The van der Waals surface area contributed by atoms with E-state index in [1.165, 1.54) is 32.1 Å². The number of esters is 1. The predicted octanol–water partition coefficient (Wildman–Crippen LogP) is 2.07. The lowest BCUT2D eigenvalue weighted by Crippen LogP contribution is -3.00. The van der Waals surface area contributed by atoms with Crippen molar-refractivity contribution in [2.24, 2.45) is 0 Å². The molecule has 0 spiro atoms. The molecule has 0 aromatic heterocycles. The van der Waals surface area contributed by atoms with E-state index in [0.717, 1.165) is 30.5 Å². The van der Waals surface area contributed by atoms with Crippen LogP contribution in [0.5, 0.6) is 5.75 Å². The summed E-state index contributed by atoms with van der Waals surface area (Å²) in [7, 11) is 2.19. The fourth-order valence-electron chi connectivity index (χ4n) is 2.80. The SMILES string of the molecule is CCCCCCCCOc1ccccc1C(=O)OCC[N+](C)(CC)CC.[Br-]. The summed E-state index contributed by atoms with van der Waals surface area (Å²) in [6.07, 6.45) is 7.33. The maximum Gasteiger partial charge on any atom is 0.342 e. The number of ether oxygens (including phenoxy) is 2. The van der Waals surface area contributed by atoms with E-state index in [1.807, 2.05) is 18.2 Å². The molecule has 0 atom stereocenters. The zero-order valence-corrected chi connectivity index (χ0v) is 19.2. The summed E-state index contributed by atoms with van der Waals surface area (Å²) in [6.45, 7) is 10.5. The molecule has 0 saturated heterocycles. The summed E-state index contributed by atoms with van der Waals surface area (Å²) in [4.78, 5) is 12.4. The van der Waals surface area contributed by atoms with Crippen LogP contribution in [0.3, 0.4) is 0 Å². The van der Waals surface area contributed by atoms with Gasteiger partial charge in [0.15, 0.2) is 0 Å². The van der Waals surface area contributed by atoms with Crippen LogP contribution in [0.25, 0.3) is 0 Å². The van der Waals surface area contributed by atoms with Crippen LogP contribution in [-0.4, -0.2) is 50.3 Å². The lowest BCUT2D eigenvalue weighted by atomic mass is 10.1. The Morgan fingerprint density at radius 1 is 0.926 bits per heavy atom. The van der Waals surface area contributed by atoms with Gasteiger partial charge in [0.25, 0.3) is 0 Å². The number of unbranched alkanes of at least 4 members (excludes halogenated alkanes) is 5. The van der Waals surface area contributed by atoms with Gasteiger partial charge in [-0.3, -0.25) is 0 Å². The average molecular weight is 444 g/mol. The van der Waals surface area contributed by atoms with Crippen LogP contribution in [0, 0.1) is 0 Å². The normalized spacial score (nSPS) is 11.0. The van der Waals surface area contributed by atoms with E-state index in [1.54, 1.807) is 6.07 Å². The molecule has 1 aromatic rings. The first-order valence-electron chi connectivity index (χ1n) is 10.3. The van der Waals surface area contributed by atoms with Gasteiger partial charge in [0.2, 0.25) is 0 Å². The molecule has 0 amide bonds. The van der Waals surface area contributed by atoms with Crippen molar-refractivity contribution in [3.63, 3.8) is 0 Å². The van der Waals surface area contributed by atoms with Crippen LogP contribution in [0.2, 0.25) is 0 Å². The third kappa shape index (κ3) is 10.2. The van der Waals surface area contributed by atoms with Crippen LogP contribution in [0.1, 0.15) is 69.7 Å². The summed E-state index contributed by atoms with van der Waals surface area (Å²) in [6, 6.07) is 7.39. The Bertz CT molecular complexity index is 518. The van der Waals surface area contributed by atoms with Gasteiger partial charge in [-0.25, -0.2) is 4.79 Å². The minimum Gasteiger partial charge on any atom is -1.00 e. The van der Waals surface area contributed by atoms with Gasteiger partial charge in [0.05, 0.1) is 26.7 Å². The molecule has 1 aromatic carbocycles. The van der Waals surface area contributed by atoms with Gasteiger partial charge in [-0.15, -0.1) is 0 Å². The Kier molecular flexibility index (Phi) is 14.3. The first kappa shape index (κ1) is 25.9. The van der Waals surface area contributed by atoms with Crippen LogP contribution in [0.15, 0.2) is 24.3 Å². The molecule has 4 nitrogen and oxygen atoms in total. The highest BCUT2D eigenvalue weighted by Gasteiger charge is 2.19. The van der Waals surface area contributed by atoms with Crippen molar-refractivity contribution in [2.75, 3.05) is 39.9 Å². The second-order valence-electron chi connectivity index (χ2n) is 7.22. The molecule has 5 heteroatoms. The Morgan fingerprint density at radius 2 is 1.56 bits per heavy atom. The van der Waals surface area contributed by atoms with Gasteiger partial charge >= 0.3 is 5.97 Å². The molecule has 0 bridgehead atoms. The molecule has 1 rings (SSSR count). The van der Waals surface area contributed by atoms with Crippen LogP contribution in [-0.2, 0) is 4.74 Å². The van der Waals surface area contributed by atoms with Crippen LogP contribution < -0.4 is 21.7 Å². The maximum absolute atomic E-state index is 12.4. The third-order valence-corrected chi connectivity index (χ3v) is 5.25. The van der Waals surface area contributed by atoms with Crippen molar-refractivity contribution in [1.82, 2.24) is 0 Å². The standard InChI is InChI=1S/C22H38NO3.BrH/c1-5-8-9-10-11-14-18-25-21-16-13-12-15-20(21)22(24)26-19-17-23(4,6-2)7-3;/h12-13,15-16H,5-11,14,17-19H2,1-4H3;1H/q+1;/p-1. The van der Waals surface area contributed by atoms with Crippen molar-refractivity contribution in [3.05, 3.63) is 29.8 Å². The molecule has 0 radical (unpaired) electrons. The molecule has 156 valence electrons. The summed E-state index contributed by atoms with van der Waals surface area (Å²) in [5.41, 5.74) is 0.528. The lowest BCUT2D eigenvalue weighted by molar-refractivity contribution is -0.906. The van der Waals surface area contributed by atoms with E-state index in [0.29, 0.717) is 24.5 Å². The van der Waals surface area contributed by atoms with E-state index in [9.17, 15) is 4.79 Å². The van der Waals surface area contributed by atoms with Crippen molar-refractivity contribution in [2.45, 2.75) is 59.3 Å². The number of benzene rings is 1. The highest BCUT2D eigenvalue weighted by Crippen LogP contribution is 2.20. The van der Waals surface area contributed by atoms with Gasteiger partial charge in [-0.05, 0) is 32.4 Å². The number of likely N-dealkylation sites (N-methyl/N-ethyl adjacent to an activating group) is 1. The van der Waals surface area contributed by atoms with E-state index in [4.69, 9.17) is 9.47 Å². The van der Waals surface area contributed by atoms with E-state index >= 15 is 0 Å². The van der Waals surface area contributed by atoms with Crippen LogP contribution in [0.4, 0.5) is 0 Å². The lowest BCUT2D eigenvalue weighted by Gasteiger charge is -2.31. The Hall–Kier alpha value is -1.07. The number of halogens is 1. The first-order chi connectivity index (χ1) is 12.6. The van der Waals surface area contributed by atoms with E-state index in [-0.39, 0.29) is 23.0 Å². The Balaban J connectivity index is 0.00000676. The Morgan fingerprint density at radius 3 is 2.22 bits per heavy atom. The molecule has 0 N–H and O–H groups in total. The first-order valence-corrected chi connectivity index (χ1v) is 10.3. The highest BCUT2D eigenvalue weighted by molar-refractivity contribution is 5.92. The number of hydrogen-bond donors (Lipinski definition) is 0. The molecule has 0 unspecified atom stereocenters. The van der Waals surface area contributed by atoms with Crippen molar-refractivity contribution in [1.29, 1.82) is 0 Å². The highest BCUT2D eigenvalue weighted by atomic mass is 79.9. The average Bonchev–Trinajstić information content (AvgIpc) is 2.67. The Labute approximate surface area is 176 Å². The fraction of sp³-hybridized carbons (Fsp3) is 0.682. The van der Waals surface area contributed by atoms with Crippen molar-refractivity contribution < 1.29 is 35.7 Å². The summed E-state index contributed by atoms with van der Waals surface area (Å²) in [5, 5.41) is 0. The summed E-state index contributed by atoms with van der Waals surface area (Å²) < 4.78 is 12.3. The minimum absolute atomic E-state index is 0. The van der Waals surface area contributed by atoms with Gasteiger partial charge < -0.3 is 30.9 Å². The van der Waals surface area contributed by atoms with E-state index in [2.05, 4.69) is 27.8 Å². The van der Waals surface area contributed by atoms with Crippen LogP contribution >= 0.6 is 0 Å². The zero-order valence-electron chi connectivity index (χ0n) is 17.6. The topological polar surface area (TPSA) is 35.5 Å². The predicted molar refractivity (Wildman–Crippen MR) is 108 cm³/mol. The minimum atomic E-state index is -0.290. The van der Waals surface area contributed by atoms with Gasteiger partial charge in [-0.1, -0.05) is 51.2 Å². The number of hydrogen-bond acceptors (Lipinski definition) is 3. The van der Waals surface area contributed by atoms with Crippen molar-refractivity contribution in [3.8, 4) is 5.75 Å². The largest absolute Gasteiger partial charge is 1.00 e. The van der Waals surface area contributed by atoms with Gasteiger partial charge in [0, 0.05) is 0 Å². The molecule has 0 saturated carbocycles. The number of carbonyl (C=O) groups excluding carboxylic acids is 1. The fourth-order valence-corrected chi connectivity index (χ4v) is 2.80. The number of para-hydroxylation sites is 1. The summed E-state index contributed by atoms with van der Waals surface area (Å²) >= 11 is 0. The molecule has 0 fully saturated rings. The number of rotatable bonds is 14. The van der Waals surface area contributed by atoms with Gasteiger partial charge in [-0.2, -0.15) is 0 Å². The van der Waals surface area contributed by atoms with Gasteiger partial charge in [0.1, 0.15) is 24.5 Å². The molecular weight excluding hydrogens is 406 g/mol. The monoisotopic (exact) mass is 443 g/mol. The number of nitrogens with zero attached hydrogens (tertiary/aromatic N) is 1.